The van der Waals surface area contributed by atoms with E-state index in [4.69, 9.17) is 14.2 Å². The van der Waals surface area contributed by atoms with Crippen LogP contribution < -0.4 is 0 Å². The van der Waals surface area contributed by atoms with Crippen molar-refractivity contribution in [1.29, 1.82) is 0 Å². The second kappa shape index (κ2) is 8.44. The largest absolute Gasteiger partial charge is 0.465 e. The third-order valence-electron chi connectivity index (χ3n) is 2.62. The Hall–Kier alpha value is -0.650. The lowest BCUT2D eigenvalue weighted by molar-refractivity contribution is -0.164. The van der Waals surface area contributed by atoms with E-state index < -0.39 is 0 Å². The molecule has 0 N–H and O–H groups in total. The molecule has 0 aromatic heterocycles. The van der Waals surface area contributed by atoms with Crippen LogP contribution in [0.1, 0.15) is 26.2 Å². The van der Waals surface area contributed by atoms with E-state index in [0.29, 0.717) is 26.3 Å². The first-order valence-electron chi connectivity index (χ1n) is 6.29. The van der Waals surface area contributed by atoms with Gasteiger partial charge in [0.05, 0.1) is 19.8 Å². The zero-order valence-electron chi connectivity index (χ0n) is 10.8. The molecule has 1 aliphatic heterocycles. The first-order valence-corrected chi connectivity index (χ1v) is 6.29. The summed E-state index contributed by atoms with van der Waals surface area (Å²) in [6.07, 6.45) is 3.22. The first kappa shape index (κ1) is 14.4. The highest BCUT2D eigenvalue weighted by Crippen LogP contribution is 2.13. The van der Waals surface area contributed by atoms with E-state index in [9.17, 15) is 4.79 Å². The molecular formula is C12H23NO4. The van der Waals surface area contributed by atoms with E-state index in [2.05, 4.69) is 0 Å². The SMILES string of the molecule is CCOC(=O)CN(C)CCOC1CCCCO1. The number of carbonyl (C=O) groups is 1. The average molecular weight is 245 g/mol. The van der Waals surface area contributed by atoms with Crippen LogP contribution in [0, 0.1) is 0 Å². The van der Waals surface area contributed by atoms with E-state index in [0.717, 1.165) is 19.4 Å². The average Bonchev–Trinajstić information content (AvgIpc) is 2.30. The van der Waals surface area contributed by atoms with Gasteiger partial charge in [0, 0.05) is 13.2 Å². The number of rotatable bonds is 7. The van der Waals surface area contributed by atoms with Crippen molar-refractivity contribution < 1.29 is 19.0 Å². The zero-order valence-corrected chi connectivity index (χ0v) is 10.8. The third kappa shape index (κ3) is 6.61. The molecule has 0 amide bonds. The molecule has 1 atom stereocenters. The van der Waals surface area contributed by atoms with Crippen LogP contribution in [0.5, 0.6) is 0 Å². The lowest BCUT2D eigenvalue weighted by Crippen LogP contribution is -2.32. The fraction of sp³-hybridized carbons (Fsp3) is 0.917. The molecule has 5 heteroatoms. The quantitative estimate of drug-likeness (QED) is 0.627. The van der Waals surface area contributed by atoms with Gasteiger partial charge in [0.25, 0.3) is 0 Å². The molecule has 0 aromatic rings. The Kier molecular flexibility index (Phi) is 7.16. The maximum absolute atomic E-state index is 11.2. The summed E-state index contributed by atoms with van der Waals surface area (Å²) in [5.41, 5.74) is 0. The highest BCUT2D eigenvalue weighted by molar-refractivity contribution is 5.71. The lowest BCUT2D eigenvalue weighted by atomic mass is 10.2. The Morgan fingerprint density at radius 2 is 2.29 bits per heavy atom. The molecule has 0 saturated carbocycles. The van der Waals surface area contributed by atoms with Gasteiger partial charge in [-0.1, -0.05) is 0 Å². The van der Waals surface area contributed by atoms with Crippen LogP contribution in [0.3, 0.4) is 0 Å². The van der Waals surface area contributed by atoms with Gasteiger partial charge in [0.2, 0.25) is 0 Å². The van der Waals surface area contributed by atoms with E-state index >= 15 is 0 Å². The number of nitrogens with zero attached hydrogens (tertiary/aromatic N) is 1. The van der Waals surface area contributed by atoms with Crippen molar-refractivity contribution in [1.82, 2.24) is 4.90 Å². The number of likely N-dealkylation sites (N-methyl/N-ethyl adjacent to an activating group) is 1. The fourth-order valence-electron chi connectivity index (χ4n) is 1.69. The second-order valence-electron chi connectivity index (χ2n) is 4.21. The number of hydrogen-bond donors (Lipinski definition) is 0. The maximum atomic E-state index is 11.2. The van der Waals surface area contributed by atoms with E-state index in [1.54, 1.807) is 6.92 Å². The Bertz CT molecular complexity index is 217. The highest BCUT2D eigenvalue weighted by atomic mass is 16.7. The molecule has 0 aliphatic carbocycles. The molecule has 1 aliphatic rings. The van der Waals surface area contributed by atoms with Crippen molar-refractivity contribution in [2.75, 3.05) is 40.0 Å². The molecule has 1 heterocycles. The van der Waals surface area contributed by atoms with Gasteiger partial charge in [-0.3, -0.25) is 9.69 Å². The van der Waals surface area contributed by atoms with Crippen LogP contribution in [0.25, 0.3) is 0 Å². The predicted octanol–water partition coefficient (Wildman–Crippen LogP) is 1.02. The summed E-state index contributed by atoms with van der Waals surface area (Å²) in [6, 6.07) is 0. The summed E-state index contributed by atoms with van der Waals surface area (Å²) in [5.74, 6) is -0.191. The van der Waals surface area contributed by atoms with E-state index in [-0.39, 0.29) is 12.3 Å². The predicted molar refractivity (Wildman–Crippen MR) is 63.7 cm³/mol. The van der Waals surface area contributed by atoms with Crippen LogP contribution in [-0.2, 0) is 19.0 Å². The number of carbonyl (C=O) groups excluding carboxylic acids is 1. The van der Waals surface area contributed by atoms with Crippen molar-refractivity contribution in [3.05, 3.63) is 0 Å². The smallest absolute Gasteiger partial charge is 0.320 e. The molecule has 0 bridgehead atoms. The van der Waals surface area contributed by atoms with Crippen molar-refractivity contribution in [2.45, 2.75) is 32.5 Å². The Morgan fingerprint density at radius 3 is 2.94 bits per heavy atom. The third-order valence-corrected chi connectivity index (χ3v) is 2.62. The first-order chi connectivity index (χ1) is 8.22. The number of hydrogen-bond acceptors (Lipinski definition) is 5. The molecule has 1 unspecified atom stereocenters. The lowest BCUT2D eigenvalue weighted by Gasteiger charge is -2.24. The van der Waals surface area contributed by atoms with Crippen LogP contribution in [0.2, 0.25) is 0 Å². The fourth-order valence-corrected chi connectivity index (χ4v) is 1.69. The monoisotopic (exact) mass is 245 g/mol. The summed E-state index contributed by atoms with van der Waals surface area (Å²) in [4.78, 5) is 13.1. The van der Waals surface area contributed by atoms with Crippen LogP contribution in [0.15, 0.2) is 0 Å². The van der Waals surface area contributed by atoms with Crippen LogP contribution >= 0.6 is 0 Å². The van der Waals surface area contributed by atoms with Crippen LogP contribution in [-0.4, -0.2) is 57.1 Å². The minimum atomic E-state index is -0.191. The molecule has 1 rings (SSSR count). The molecule has 0 radical (unpaired) electrons. The van der Waals surface area contributed by atoms with E-state index in [1.165, 1.54) is 6.42 Å². The maximum Gasteiger partial charge on any atom is 0.320 e. The Balaban J connectivity index is 2.02. The van der Waals surface area contributed by atoms with Crippen molar-refractivity contribution in [2.24, 2.45) is 0 Å². The standard InChI is InChI=1S/C12H23NO4/c1-3-15-11(14)10-13(2)7-9-17-12-6-4-5-8-16-12/h12H,3-10H2,1-2H3. The molecule has 1 saturated heterocycles. The topological polar surface area (TPSA) is 48.0 Å². The zero-order chi connectivity index (χ0) is 12.5. The van der Waals surface area contributed by atoms with Gasteiger partial charge in [-0.25, -0.2) is 0 Å². The molecule has 0 aromatic carbocycles. The molecule has 5 nitrogen and oxygen atoms in total. The van der Waals surface area contributed by atoms with Crippen LogP contribution in [0.4, 0.5) is 0 Å². The van der Waals surface area contributed by atoms with Gasteiger partial charge < -0.3 is 14.2 Å². The minimum Gasteiger partial charge on any atom is -0.465 e. The van der Waals surface area contributed by atoms with Gasteiger partial charge in [0.1, 0.15) is 0 Å². The van der Waals surface area contributed by atoms with Gasteiger partial charge in [-0.2, -0.15) is 0 Å². The highest BCUT2D eigenvalue weighted by Gasteiger charge is 2.14. The Labute approximate surface area is 103 Å². The molecular weight excluding hydrogens is 222 g/mol. The summed E-state index contributed by atoms with van der Waals surface area (Å²) < 4.78 is 15.9. The normalized spacial score (nSPS) is 20.5. The molecule has 17 heavy (non-hydrogen) atoms. The summed E-state index contributed by atoms with van der Waals surface area (Å²) in [6.45, 7) is 4.63. The van der Waals surface area contributed by atoms with Gasteiger partial charge in [-0.05, 0) is 33.2 Å². The second-order valence-corrected chi connectivity index (χ2v) is 4.21. The van der Waals surface area contributed by atoms with Gasteiger partial charge in [-0.15, -0.1) is 0 Å². The number of esters is 1. The van der Waals surface area contributed by atoms with Crippen molar-refractivity contribution in [3.8, 4) is 0 Å². The van der Waals surface area contributed by atoms with Crippen molar-refractivity contribution >= 4 is 5.97 Å². The molecule has 0 spiro atoms. The van der Waals surface area contributed by atoms with Crippen molar-refractivity contribution in [3.63, 3.8) is 0 Å². The molecule has 100 valence electrons. The summed E-state index contributed by atoms with van der Waals surface area (Å²) in [7, 11) is 1.88. The summed E-state index contributed by atoms with van der Waals surface area (Å²) >= 11 is 0. The Morgan fingerprint density at radius 1 is 1.47 bits per heavy atom. The van der Waals surface area contributed by atoms with E-state index in [1.807, 2.05) is 11.9 Å². The van der Waals surface area contributed by atoms with Gasteiger partial charge >= 0.3 is 5.97 Å². The minimum absolute atomic E-state index is 0.0558. The number of ether oxygens (including phenoxy) is 3. The summed E-state index contributed by atoms with van der Waals surface area (Å²) in [5, 5.41) is 0. The van der Waals surface area contributed by atoms with Gasteiger partial charge in [0.15, 0.2) is 6.29 Å². The molecule has 1 fully saturated rings.